The maximum absolute atomic E-state index is 12.3. The van der Waals surface area contributed by atoms with Gasteiger partial charge in [0.05, 0.1) is 12.7 Å². The molecular weight excluding hydrogens is 250 g/mol. The van der Waals surface area contributed by atoms with Gasteiger partial charge in [-0.3, -0.25) is 4.79 Å². The maximum Gasteiger partial charge on any atom is 0.327 e. The Morgan fingerprint density at radius 1 is 1.30 bits per heavy atom. The summed E-state index contributed by atoms with van der Waals surface area (Å²) in [6, 6.07) is 2.43. The first-order valence-corrected chi connectivity index (χ1v) is 8.10. The van der Waals surface area contributed by atoms with E-state index >= 15 is 0 Å². The van der Waals surface area contributed by atoms with Gasteiger partial charge in [0.1, 0.15) is 0 Å². The molecule has 0 aromatic heterocycles. The van der Waals surface area contributed by atoms with E-state index in [1.54, 1.807) is 0 Å². The molecule has 0 aromatic carbocycles. The van der Waals surface area contributed by atoms with Crippen LogP contribution in [0.2, 0.25) is 0 Å². The quantitative estimate of drug-likeness (QED) is 0.690. The van der Waals surface area contributed by atoms with Crippen LogP contribution in [0, 0.1) is 64.1 Å². The van der Waals surface area contributed by atoms with Gasteiger partial charge in [0.2, 0.25) is 0 Å². The molecule has 0 spiro atoms. The highest BCUT2D eigenvalue weighted by molar-refractivity contribution is 5.84. The predicted octanol–water partition coefficient (Wildman–Crippen LogP) is 2.86. The van der Waals surface area contributed by atoms with Crippen molar-refractivity contribution in [2.45, 2.75) is 33.6 Å². The Labute approximate surface area is 120 Å². The van der Waals surface area contributed by atoms with Crippen molar-refractivity contribution in [1.82, 2.24) is 0 Å². The number of carbonyl (C=O) groups excluding carboxylic acids is 1. The van der Waals surface area contributed by atoms with E-state index in [-0.39, 0.29) is 17.8 Å². The molecule has 3 saturated carbocycles. The molecule has 2 bridgehead atoms. The van der Waals surface area contributed by atoms with Crippen molar-refractivity contribution in [3.8, 4) is 6.07 Å². The van der Waals surface area contributed by atoms with Crippen molar-refractivity contribution < 1.29 is 9.53 Å². The minimum Gasteiger partial charge on any atom is -0.464 e. The normalized spacial score (nSPS) is 55.8. The molecule has 0 aromatic rings. The number of cyclic esters (lactones) is 1. The monoisotopic (exact) mass is 273 g/mol. The van der Waals surface area contributed by atoms with Crippen LogP contribution in [-0.4, -0.2) is 12.6 Å². The zero-order valence-electron chi connectivity index (χ0n) is 12.5. The number of nitrogens with zero attached hydrogens (tertiary/aromatic N) is 1. The molecule has 3 heteroatoms. The highest BCUT2D eigenvalue weighted by Crippen LogP contribution is 2.72. The van der Waals surface area contributed by atoms with Crippen molar-refractivity contribution in [1.29, 1.82) is 5.26 Å². The van der Waals surface area contributed by atoms with E-state index in [1.165, 1.54) is 6.42 Å². The molecule has 8 unspecified atom stereocenters. The van der Waals surface area contributed by atoms with Gasteiger partial charge in [-0.2, -0.15) is 5.26 Å². The summed E-state index contributed by atoms with van der Waals surface area (Å²) in [5, 5.41) is 9.78. The predicted molar refractivity (Wildman–Crippen MR) is 73.2 cm³/mol. The molecular formula is C17H23NO2. The summed E-state index contributed by atoms with van der Waals surface area (Å²) in [4.78, 5) is 12.3. The lowest BCUT2D eigenvalue weighted by atomic mass is 9.59. The highest BCUT2D eigenvalue weighted by Gasteiger charge is 2.75. The van der Waals surface area contributed by atoms with Crippen molar-refractivity contribution in [3.05, 3.63) is 0 Å². The molecule has 20 heavy (non-hydrogen) atoms. The summed E-state index contributed by atoms with van der Waals surface area (Å²) in [7, 11) is 0. The van der Waals surface area contributed by atoms with Crippen LogP contribution in [0.3, 0.4) is 0 Å². The van der Waals surface area contributed by atoms with Crippen LogP contribution in [-0.2, 0) is 9.53 Å². The average molecular weight is 273 g/mol. The maximum atomic E-state index is 12.3. The SMILES string of the molecule is CC(C)C1CC(C)C2C3CC(C12)C1(C#N)C(=O)OCC31. The van der Waals surface area contributed by atoms with Gasteiger partial charge < -0.3 is 4.74 Å². The fourth-order valence-electron chi connectivity index (χ4n) is 6.60. The largest absolute Gasteiger partial charge is 0.464 e. The average Bonchev–Trinajstić information content (AvgIpc) is 3.09. The fourth-order valence-corrected chi connectivity index (χ4v) is 6.60. The molecule has 0 radical (unpaired) electrons. The molecule has 1 heterocycles. The van der Waals surface area contributed by atoms with Gasteiger partial charge in [0.15, 0.2) is 5.41 Å². The van der Waals surface area contributed by atoms with Crippen LogP contribution in [0.4, 0.5) is 0 Å². The van der Waals surface area contributed by atoms with Crippen LogP contribution in [0.15, 0.2) is 0 Å². The molecule has 1 aliphatic heterocycles. The molecule has 4 fully saturated rings. The fraction of sp³-hybridized carbons (Fsp3) is 0.882. The standard InChI is InChI=1S/C17H23NO2/c1-8(2)10-4-9(3)14-11-5-12(15(10)14)17(7-18)13(11)6-20-16(17)19/h8-15H,4-6H2,1-3H3. The van der Waals surface area contributed by atoms with Gasteiger partial charge in [-0.1, -0.05) is 20.8 Å². The Balaban J connectivity index is 1.80. The molecule has 3 nitrogen and oxygen atoms in total. The summed E-state index contributed by atoms with van der Waals surface area (Å²) < 4.78 is 5.33. The Morgan fingerprint density at radius 3 is 2.70 bits per heavy atom. The van der Waals surface area contributed by atoms with Crippen molar-refractivity contribution in [3.63, 3.8) is 0 Å². The lowest BCUT2D eigenvalue weighted by molar-refractivity contribution is -0.147. The lowest BCUT2D eigenvalue weighted by Gasteiger charge is -2.40. The van der Waals surface area contributed by atoms with E-state index < -0.39 is 5.41 Å². The van der Waals surface area contributed by atoms with Gasteiger partial charge in [0.25, 0.3) is 0 Å². The first-order valence-electron chi connectivity index (χ1n) is 8.10. The minimum atomic E-state index is -0.789. The Kier molecular flexibility index (Phi) is 2.40. The molecule has 108 valence electrons. The third-order valence-electron chi connectivity index (χ3n) is 7.18. The van der Waals surface area contributed by atoms with Gasteiger partial charge in [-0.15, -0.1) is 0 Å². The number of hydrogen-bond donors (Lipinski definition) is 0. The number of carbonyl (C=O) groups is 1. The highest BCUT2D eigenvalue weighted by atomic mass is 16.5. The van der Waals surface area contributed by atoms with Crippen LogP contribution >= 0.6 is 0 Å². The molecule has 1 saturated heterocycles. The third kappa shape index (κ3) is 1.16. The van der Waals surface area contributed by atoms with Crippen LogP contribution in [0.1, 0.15) is 33.6 Å². The summed E-state index contributed by atoms with van der Waals surface area (Å²) in [6.45, 7) is 7.48. The number of nitriles is 1. The minimum absolute atomic E-state index is 0.180. The lowest BCUT2D eigenvalue weighted by Crippen LogP contribution is -2.45. The molecule has 8 atom stereocenters. The van der Waals surface area contributed by atoms with E-state index in [9.17, 15) is 10.1 Å². The summed E-state index contributed by atoms with van der Waals surface area (Å²) >= 11 is 0. The first-order chi connectivity index (χ1) is 9.52. The summed E-state index contributed by atoms with van der Waals surface area (Å²) in [5.74, 6) is 4.18. The van der Waals surface area contributed by atoms with Crippen molar-refractivity contribution in [2.75, 3.05) is 6.61 Å². The number of esters is 1. The zero-order chi connectivity index (χ0) is 14.2. The van der Waals surface area contributed by atoms with E-state index in [4.69, 9.17) is 4.74 Å². The van der Waals surface area contributed by atoms with Gasteiger partial charge in [-0.05, 0) is 54.3 Å². The smallest absolute Gasteiger partial charge is 0.327 e. The van der Waals surface area contributed by atoms with Gasteiger partial charge in [0, 0.05) is 5.92 Å². The van der Waals surface area contributed by atoms with Crippen LogP contribution in [0.5, 0.6) is 0 Å². The number of fused-ring (bicyclic) bond motifs is 8. The molecule has 0 N–H and O–H groups in total. The van der Waals surface area contributed by atoms with Crippen molar-refractivity contribution >= 4 is 5.97 Å². The second kappa shape index (κ2) is 3.78. The van der Waals surface area contributed by atoms with E-state index in [1.807, 2.05) is 0 Å². The molecule has 4 aliphatic rings. The number of hydrogen-bond acceptors (Lipinski definition) is 3. The molecule has 3 aliphatic carbocycles. The van der Waals surface area contributed by atoms with E-state index in [0.29, 0.717) is 30.3 Å². The van der Waals surface area contributed by atoms with Gasteiger partial charge >= 0.3 is 5.97 Å². The third-order valence-corrected chi connectivity index (χ3v) is 7.18. The second-order valence-electron chi connectivity index (χ2n) is 7.97. The van der Waals surface area contributed by atoms with E-state index in [2.05, 4.69) is 26.8 Å². The summed E-state index contributed by atoms with van der Waals surface area (Å²) in [6.07, 6.45) is 2.37. The summed E-state index contributed by atoms with van der Waals surface area (Å²) in [5.41, 5.74) is -0.789. The van der Waals surface area contributed by atoms with Crippen LogP contribution < -0.4 is 0 Å². The molecule has 4 rings (SSSR count). The van der Waals surface area contributed by atoms with Crippen molar-refractivity contribution in [2.24, 2.45) is 52.8 Å². The first kappa shape index (κ1) is 12.7. The van der Waals surface area contributed by atoms with Gasteiger partial charge in [-0.25, -0.2) is 0 Å². The topological polar surface area (TPSA) is 50.1 Å². The van der Waals surface area contributed by atoms with Crippen LogP contribution in [0.25, 0.3) is 0 Å². The number of rotatable bonds is 1. The number of ether oxygens (including phenoxy) is 1. The Bertz CT molecular complexity index is 508. The zero-order valence-corrected chi connectivity index (χ0v) is 12.5. The Morgan fingerprint density at radius 2 is 2.05 bits per heavy atom. The Hall–Kier alpha value is -1.04. The van der Waals surface area contributed by atoms with E-state index in [0.717, 1.165) is 18.3 Å². The molecule has 0 amide bonds. The second-order valence-corrected chi connectivity index (χ2v) is 7.97.